The first kappa shape index (κ1) is 19.1. The van der Waals surface area contributed by atoms with Gasteiger partial charge in [0.15, 0.2) is 18.1 Å². The van der Waals surface area contributed by atoms with Gasteiger partial charge in [-0.1, -0.05) is 12.1 Å². The number of benzene rings is 2. The molecular weight excluding hydrogens is 332 g/mol. The largest absolute Gasteiger partial charge is 0.494 e. The molecule has 0 aliphatic carbocycles. The molecule has 0 heterocycles. The Morgan fingerprint density at radius 3 is 2.50 bits per heavy atom. The number of nitriles is 1. The van der Waals surface area contributed by atoms with Crippen molar-refractivity contribution in [3.63, 3.8) is 0 Å². The van der Waals surface area contributed by atoms with Gasteiger partial charge in [-0.2, -0.15) is 5.26 Å². The molecule has 6 nitrogen and oxygen atoms in total. The van der Waals surface area contributed by atoms with Crippen LogP contribution in [0.2, 0.25) is 0 Å². The second kappa shape index (κ2) is 9.33. The second-order valence-electron chi connectivity index (χ2n) is 5.56. The van der Waals surface area contributed by atoms with Crippen molar-refractivity contribution in [3.8, 4) is 23.3 Å². The summed E-state index contributed by atoms with van der Waals surface area (Å²) < 4.78 is 16.1. The molecule has 0 saturated carbocycles. The average Bonchev–Trinajstić information content (AvgIpc) is 2.67. The first-order valence-electron chi connectivity index (χ1n) is 8.30. The van der Waals surface area contributed by atoms with Gasteiger partial charge in [-0.15, -0.1) is 0 Å². The number of nitrogens with one attached hydrogen (secondary N) is 1. The molecule has 0 saturated heterocycles. The Labute approximate surface area is 153 Å². The number of hydrogen-bond acceptors (Lipinski definition) is 5. The summed E-state index contributed by atoms with van der Waals surface area (Å²) in [5.74, 6) is 1.37. The summed E-state index contributed by atoms with van der Waals surface area (Å²) in [6.45, 7) is 4.29. The van der Waals surface area contributed by atoms with Gasteiger partial charge >= 0.3 is 0 Å². The zero-order valence-corrected chi connectivity index (χ0v) is 15.1. The molecule has 0 aromatic heterocycles. The minimum atomic E-state index is -0.252. The van der Waals surface area contributed by atoms with E-state index in [1.165, 1.54) is 7.11 Å². The Hall–Kier alpha value is -3.20. The quantitative estimate of drug-likeness (QED) is 0.787. The SMILES string of the molecule is CCOc1ccc(C(C)NC(=O)COc2ccc(C#N)cc2OC)cc1. The molecule has 0 bridgehead atoms. The smallest absolute Gasteiger partial charge is 0.258 e. The normalized spacial score (nSPS) is 11.2. The van der Waals surface area contributed by atoms with E-state index in [0.717, 1.165) is 11.3 Å². The highest BCUT2D eigenvalue weighted by molar-refractivity contribution is 5.78. The average molecular weight is 354 g/mol. The van der Waals surface area contributed by atoms with Crippen LogP contribution in [0.1, 0.15) is 31.0 Å². The molecule has 0 radical (unpaired) electrons. The maximum absolute atomic E-state index is 12.1. The van der Waals surface area contributed by atoms with Crippen molar-refractivity contribution in [2.45, 2.75) is 19.9 Å². The van der Waals surface area contributed by atoms with E-state index < -0.39 is 0 Å². The van der Waals surface area contributed by atoms with Crippen LogP contribution < -0.4 is 19.5 Å². The highest BCUT2D eigenvalue weighted by atomic mass is 16.5. The molecule has 1 unspecified atom stereocenters. The lowest BCUT2D eigenvalue weighted by atomic mass is 10.1. The van der Waals surface area contributed by atoms with Crippen molar-refractivity contribution in [2.24, 2.45) is 0 Å². The fourth-order valence-corrected chi connectivity index (χ4v) is 2.39. The van der Waals surface area contributed by atoms with E-state index in [-0.39, 0.29) is 18.6 Å². The highest BCUT2D eigenvalue weighted by Crippen LogP contribution is 2.27. The molecular formula is C20H22N2O4. The summed E-state index contributed by atoms with van der Waals surface area (Å²) in [5, 5.41) is 11.8. The molecule has 2 aromatic rings. The zero-order chi connectivity index (χ0) is 18.9. The van der Waals surface area contributed by atoms with Crippen molar-refractivity contribution in [3.05, 3.63) is 53.6 Å². The van der Waals surface area contributed by atoms with Crippen LogP contribution >= 0.6 is 0 Å². The lowest BCUT2D eigenvalue weighted by molar-refractivity contribution is -0.123. The number of nitrogens with zero attached hydrogens (tertiary/aromatic N) is 1. The third-order valence-electron chi connectivity index (χ3n) is 3.72. The van der Waals surface area contributed by atoms with Crippen molar-refractivity contribution in [1.82, 2.24) is 5.32 Å². The molecule has 2 aromatic carbocycles. The van der Waals surface area contributed by atoms with Crippen LogP contribution in [-0.4, -0.2) is 26.2 Å². The Morgan fingerprint density at radius 1 is 1.15 bits per heavy atom. The lowest BCUT2D eigenvalue weighted by Gasteiger charge is -2.16. The maximum atomic E-state index is 12.1. The molecule has 136 valence electrons. The monoisotopic (exact) mass is 354 g/mol. The van der Waals surface area contributed by atoms with Crippen molar-refractivity contribution in [1.29, 1.82) is 5.26 Å². The van der Waals surface area contributed by atoms with E-state index in [4.69, 9.17) is 19.5 Å². The predicted molar refractivity (Wildman–Crippen MR) is 97.4 cm³/mol. The van der Waals surface area contributed by atoms with Gasteiger partial charge in [0.2, 0.25) is 0 Å². The summed E-state index contributed by atoms with van der Waals surface area (Å²) in [6.07, 6.45) is 0. The summed E-state index contributed by atoms with van der Waals surface area (Å²) in [4.78, 5) is 12.1. The molecule has 1 atom stereocenters. The van der Waals surface area contributed by atoms with E-state index in [1.807, 2.05) is 44.2 Å². The fraction of sp³-hybridized carbons (Fsp3) is 0.300. The molecule has 2 rings (SSSR count). The molecule has 0 aliphatic heterocycles. The van der Waals surface area contributed by atoms with Crippen LogP contribution in [0.25, 0.3) is 0 Å². The second-order valence-corrected chi connectivity index (χ2v) is 5.56. The molecule has 0 spiro atoms. The van der Waals surface area contributed by atoms with Crippen LogP contribution in [0, 0.1) is 11.3 Å². The Balaban J connectivity index is 1.91. The third-order valence-corrected chi connectivity index (χ3v) is 3.72. The highest BCUT2D eigenvalue weighted by Gasteiger charge is 2.12. The van der Waals surface area contributed by atoms with Crippen LogP contribution in [-0.2, 0) is 4.79 Å². The topological polar surface area (TPSA) is 80.6 Å². The maximum Gasteiger partial charge on any atom is 0.258 e. The minimum absolute atomic E-state index is 0.149. The van der Waals surface area contributed by atoms with Gasteiger partial charge < -0.3 is 19.5 Å². The van der Waals surface area contributed by atoms with E-state index in [1.54, 1.807) is 18.2 Å². The Kier molecular flexibility index (Phi) is 6.86. The minimum Gasteiger partial charge on any atom is -0.494 e. The van der Waals surface area contributed by atoms with Crippen molar-refractivity contribution < 1.29 is 19.0 Å². The Bertz CT molecular complexity index is 781. The summed E-state index contributed by atoms with van der Waals surface area (Å²) in [7, 11) is 1.48. The van der Waals surface area contributed by atoms with Crippen LogP contribution in [0.4, 0.5) is 0 Å². The molecule has 0 fully saturated rings. The van der Waals surface area contributed by atoms with Gasteiger partial charge in [0.05, 0.1) is 31.4 Å². The Morgan fingerprint density at radius 2 is 1.88 bits per heavy atom. The first-order chi connectivity index (χ1) is 12.6. The fourth-order valence-electron chi connectivity index (χ4n) is 2.39. The number of amides is 1. The van der Waals surface area contributed by atoms with Gasteiger partial charge in [-0.05, 0) is 43.7 Å². The number of rotatable bonds is 8. The predicted octanol–water partition coefficient (Wildman–Crippen LogP) is 3.22. The number of carbonyl (C=O) groups excluding carboxylic acids is 1. The van der Waals surface area contributed by atoms with Crippen LogP contribution in [0.15, 0.2) is 42.5 Å². The van der Waals surface area contributed by atoms with E-state index in [2.05, 4.69) is 5.32 Å². The summed E-state index contributed by atoms with van der Waals surface area (Å²) in [6, 6.07) is 14.2. The summed E-state index contributed by atoms with van der Waals surface area (Å²) in [5.41, 5.74) is 1.43. The van der Waals surface area contributed by atoms with E-state index >= 15 is 0 Å². The number of methoxy groups -OCH3 is 1. The van der Waals surface area contributed by atoms with Crippen molar-refractivity contribution >= 4 is 5.91 Å². The van der Waals surface area contributed by atoms with Crippen LogP contribution in [0.5, 0.6) is 17.2 Å². The first-order valence-corrected chi connectivity index (χ1v) is 8.30. The van der Waals surface area contributed by atoms with Gasteiger partial charge in [0.1, 0.15) is 5.75 Å². The zero-order valence-electron chi connectivity index (χ0n) is 15.1. The molecule has 1 N–H and O–H groups in total. The standard InChI is InChI=1S/C20H22N2O4/c1-4-25-17-8-6-16(7-9-17)14(2)22-20(23)13-26-18-10-5-15(12-21)11-19(18)24-3/h5-11,14H,4,13H2,1-3H3,(H,22,23). The number of ether oxygens (including phenoxy) is 3. The van der Waals surface area contributed by atoms with E-state index in [9.17, 15) is 4.79 Å². The third kappa shape index (κ3) is 5.15. The molecule has 1 amide bonds. The molecule has 0 aliphatic rings. The van der Waals surface area contributed by atoms with Gasteiger partial charge in [0.25, 0.3) is 5.91 Å². The molecule has 26 heavy (non-hydrogen) atoms. The number of hydrogen-bond donors (Lipinski definition) is 1. The number of carbonyl (C=O) groups is 1. The van der Waals surface area contributed by atoms with Gasteiger partial charge in [0, 0.05) is 6.07 Å². The van der Waals surface area contributed by atoms with Crippen molar-refractivity contribution in [2.75, 3.05) is 20.3 Å². The van der Waals surface area contributed by atoms with E-state index in [0.29, 0.717) is 23.7 Å². The van der Waals surface area contributed by atoms with Gasteiger partial charge in [-0.25, -0.2) is 0 Å². The molecule has 6 heteroatoms. The lowest BCUT2D eigenvalue weighted by Crippen LogP contribution is -2.31. The van der Waals surface area contributed by atoms with Gasteiger partial charge in [-0.3, -0.25) is 4.79 Å². The van der Waals surface area contributed by atoms with Crippen LogP contribution in [0.3, 0.4) is 0 Å². The summed E-state index contributed by atoms with van der Waals surface area (Å²) >= 11 is 0.